The third-order valence-corrected chi connectivity index (χ3v) is 4.53. The Morgan fingerprint density at radius 2 is 1.24 bits per heavy atom. The quantitative estimate of drug-likeness (QED) is 0.251. The van der Waals surface area contributed by atoms with Crippen molar-refractivity contribution in [1.82, 2.24) is 0 Å². The summed E-state index contributed by atoms with van der Waals surface area (Å²) >= 11 is 0. The molecular weight excluding hydrogens is 254 g/mol. The summed E-state index contributed by atoms with van der Waals surface area (Å²) in [5.41, 5.74) is 5.73. The molecule has 1 atom stereocenters. The molecular formula is C20H41N. The SMILES string of the molecule is CCCCCCCC/C=C/CCCCCCC(CC)CN. The maximum Gasteiger partial charge on any atom is -0.00490 e. The maximum atomic E-state index is 5.73. The Hall–Kier alpha value is -0.300. The van der Waals surface area contributed by atoms with Gasteiger partial charge in [0.05, 0.1) is 0 Å². The lowest BCUT2D eigenvalue weighted by Gasteiger charge is -2.10. The molecule has 0 aliphatic heterocycles. The molecule has 0 saturated heterocycles. The molecule has 0 aromatic heterocycles. The van der Waals surface area contributed by atoms with Gasteiger partial charge in [-0.3, -0.25) is 0 Å². The van der Waals surface area contributed by atoms with Crippen molar-refractivity contribution >= 4 is 0 Å². The summed E-state index contributed by atoms with van der Waals surface area (Å²) in [6.07, 6.45) is 23.9. The van der Waals surface area contributed by atoms with Crippen LogP contribution in [-0.4, -0.2) is 6.54 Å². The maximum absolute atomic E-state index is 5.73. The van der Waals surface area contributed by atoms with Gasteiger partial charge in [0.25, 0.3) is 0 Å². The molecule has 0 aromatic rings. The molecule has 0 amide bonds. The van der Waals surface area contributed by atoms with Crippen LogP contribution in [0.5, 0.6) is 0 Å². The lowest BCUT2D eigenvalue weighted by Crippen LogP contribution is -2.13. The molecule has 0 aliphatic rings. The number of rotatable bonds is 16. The lowest BCUT2D eigenvalue weighted by atomic mass is 9.98. The van der Waals surface area contributed by atoms with E-state index in [1.807, 2.05) is 0 Å². The standard InChI is InChI=1S/C20H41N/c1-3-5-6-7-8-9-10-11-12-13-14-15-16-17-18-20(4-2)19-21/h11-12,20H,3-10,13-19,21H2,1-2H3/b12-11+. The van der Waals surface area contributed by atoms with E-state index in [4.69, 9.17) is 5.73 Å². The highest BCUT2D eigenvalue weighted by atomic mass is 14.5. The minimum absolute atomic E-state index is 0.766. The van der Waals surface area contributed by atoms with Crippen molar-refractivity contribution in [3.63, 3.8) is 0 Å². The van der Waals surface area contributed by atoms with Gasteiger partial charge < -0.3 is 5.73 Å². The monoisotopic (exact) mass is 295 g/mol. The number of unbranched alkanes of at least 4 members (excludes halogenated alkanes) is 10. The van der Waals surface area contributed by atoms with E-state index in [-0.39, 0.29) is 0 Å². The summed E-state index contributed by atoms with van der Waals surface area (Å²) in [6.45, 7) is 5.41. The minimum Gasteiger partial charge on any atom is -0.330 e. The van der Waals surface area contributed by atoms with Gasteiger partial charge >= 0.3 is 0 Å². The van der Waals surface area contributed by atoms with Gasteiger partial charge in [0.1, 0.15) is 0 Å². The van der Waals surface area contributed by atoms with Gasteiger partial charge in [-0.15, -0.1) is 0 Å². The summed E-state index contributed by atoms with van der Waals surface area (Å²) in [6, 6.07) is 0. The molecule has 1 heteroatoms. The summed E-state index contributed by atoms with van der Waals surface area (Å²) < 4.78 is 0. The molecule has 0 rings (SSSR count). The minimum atomic E-state index is 0.766. The van der Waals surface area contributed by atoms with E-state index in [9.17, 15) is 0 Å². The van der Waals surface area contributed by atoms with E-state index < -0.39 is 0 Å². The predicted octanol–water partition coefficient (Wildman–Crippen LogP) is 6.62. The molecule has 126 valence electrons. The second kappa shape index (κ2) is 17.8. The molecule has 0 spiro atoms. The predicted molar refractivity (Wildman–Crippen MR) is 97.7 cm³/mol. The number of hydrogen-bond donors (Lipinski definition) is 1. The highest BCUT2D eigenvalue weighted by Crippen LogP contribution is 2.13. The Balaban J connectivity index is 3.15. The fourth-order valence-corrected chi connectivity index (χ4v) is 2.82. The van der Waals surface area contributed by atoms with Crippen molar-refractivity contribution in [2.75, 3.05) is 6.54 Å². The largest absolute Gasteiger partial charge is 0.330 e. The molecule has 1 nitrogen and oxygen atoms in total. The molecule has 0 fully saturated rings. The lowest BCUT2D eigenvalue weighted by molar-refractivity contribution is 0.449. The first-order valence-corrected chi connectivity index (χ1v) is 9.70. The van der Waals surface area contributed by atoms with Gasteiger partial charge in [-0.05, 0) is 44.6 Å². The van der Waals surface area contributed by atoms with Gasteiger partial charge in [0.15, 0.2) is 0 Å². The van der Waals surface area contributed by atoms with Gasteiger partial charge in [0.2, 0.25) is 0 Å². The van der Waals surface area contributed by atoms with Crippen LogP contribution < -0.4 is 5.73 Å². The van der Waals surface area contributed by atoms with E-state index in [0.29, 0.717) is 0 Å². The smallest absolute Gasteiger partial charge is 0.00490 e. The van der Waals surface area contributed by atoms with Crippen LogP contribution in [0.2, 0.25) is 0 Å². The van der Waals surface area contributed by atoms with Crippen LogP contribution in [0.4, 0.5) is 0 Å². The van der Waals surface area contributed by atoms with E-state index in [1.54, 1.807) is 0 Å². The van der Waals surface area contributed by atoms with Crippen LogP contribution in [0.15, 0.2) is 12.2 Å². The molecule has 0 saturated carbocycles. The number of hydrogen-bond acceptors (Lipinski definition) is 1. The van der Waals surface area contributed by atoms with E-state index >= 15 is 0 Å². The van der Waals surface area contributed by atoms with Crippen LogP contribution in [0.25, 0.3) is 0 Å². The van der Waals surface area contributed by atoms with Crippen molar-refractivity contribution in [2.24, 2.45) is 11.7 Å². The highest BCUT2D eigenvalue weighted by molar-refractivity contribution is 4.81. The number of nitrogens with two attached hydrogens (primary N) is 1. The summed E-state index contributed by atoms with van der Waals surface area (Å²) in [5.74, 6) is 0.766. The third kappa shape index (κ3) is 15.9. The molecule has 0 bridgehead atoms. The molecule has 0 radical (unpaired) electrons. The van der Waals surface area contributed by atoms with Crippen molar-refractivity contribution in [3.8, 4) is 0 Å². The molecule has 0 heterocycles. The van der Waals surface area contributed by atoms with E-state index in [1.165, 1.54) is 89.9 Å². The first kappa shape index (κ1) is 20.7. The fraction of sp³-hybridized carbons (Fsp3) is 0.900. The van der Waals surface area contributed by atoms with Crippen molar-refractivity contribution < 1.29 is 0 Å². The molecule has 2 N–H and O–H groups in total. The van der Waals surface area contributed by atoms with Crippen molar-refractivity contribution in [1.29, 1.82) is 0 Å². The summed E-state index contributed by atoms with van der Waals surface area (Å²) in [4.78, 5) is 0. The van der Waals surface area contributed by atoms with Crippen LogP contribution in [-0.2, 0) is 0 Å². The van der Waals surface area contributed by atoms with Gasteiger partial charge in [-0.1, -0.05) is 83.8 Å². The van der Waals surface area contributed by atoms with Crippen molar-refractivity contribution in [3.05, 3.63) is 12.2 Å². The molecule has 21 heavy (non-hydrogen) atoms. The second-order valence-corrected chi connectivity index (χ2v) is 6.53. The van der Waals surface area contributed by atoms with Gasteiger partial charge in [-0.25, -0.2) is 0 Å². The fourth-order valence-electron chi connectivity index (χ4n) is 2.82. The normalized spacial score (nSPS) is 13.1. The van der Waals surface area contributed by atoms with Gasteiger partial charge in [0, 0.05) is 0 Å². The molecule has 1 unspecified atom stereocenters. The van der Waals surface area contributed by atoms with E-state index in [0.717, 1.165) is 12.5 Å². The average molecular weight is 296 g/mol. The summed E-state index contributed by atoms with van der Waals surface area (Å²) in [7, 11) is 0. The van der Waals surface area contributed by atoms with E-state index in [2.05, 4.69) is 26.0 Å². The van der Waals surface area contributed by atoms with Gasteiger partial charge in [-0.2, -0.15) is 0 Å². The van der Waals surface area contributed by atoms with Crippen LogP contribution >= 0.6 is 0 Å². The van der Waals surface area contributed by atoms with Crippen LogP contribution in [0.1, 0.15) is 104 Å². The first-order chi connectivity index (χ1) is 10.3. The first-order valence-electron chi connectivity index (χ1n) is 9.70. The zero-order valence-electron chi connectivity index (χ0n) is 14.9. The number of allylic oxidation sites excluding steroid dienone is 2. The van der Waals surface area contributed by atoms with Crippen LogP contribution in [0.3, 0.4) is 0 Å². The second-order valence-electron chi connectivity index (χ2n) is 6.53. The average Bonchev–Trinajstić information content (AvgIpc) is 2.51. The summed E-state index contributed by atoms with van der Waals surface area (Å²) in [5, 5.41) is 0. The highest BCUT2D eigenvalue weighted by Gasteiger charge is 2.02. The Kier molecular flexibility index (Phi) is 17.5. The third-order valence-electron chi connectivity index (χ3n) is 4.53. The van der Waals surface area contributed by atoms with Crippen LogP contribution in [0, 0.1) is 5.92 Å². The Morgan fingerprint density at radius 1 is 0.714 bits per heavy atom. The Bertz CT molecular complexity index is 206. The zero-order chi connectivity index (χ0) is 15.6. The molecule has 0 aromatic carbocycles. The van der Waals surface area contributed by atoms with Crippen molar-refractivity contribution in [2.45, 2.75) is 104 Å². The molecule has 0 aliphatic carbocycles. The Morgan fingerprint density at radius 3 is 1.76 bits per heavy atom. The zero-order valence-corrected chi connectivity index (χ0v) is 14.9. The Labute approximate surface area is 134 Å². The topological polar surface area (TPSA) is 26.0 Å².